The van der Waals surface area contributed by atoms with E-state index in [1.54, 1.807) is 0 Å². The molecule has 0 unspecified atom stereocenters. The largest absolute Gasteiger partial charge is 0.303 e. The molecule has 1 aliphatic carbocycles. The van der Waals surface area contributed by atoms with E-state index in [0.29, 0.717) is 5.41 Å². The van der Waals surface area contributed by atoms with Crippen LogP contribution in [0.25, 0.3) is 0 Å². The van der Waals surface area contributed by atoms with Crippen molar-refractivity contribution in [1.82, 2.24) is 4.90 Å². The highest BCUT2D eigenvalue weighted by molar-refractivity contribution is 4.95. The summed E-state index contributed by atoms with van der Waals surface area (Å²) in [6.07, 6.45) is 7.32. The van der Waals surface area contributed by atoms with Crippen LogP contribution in [-0.2, 0) is 0 Å². The van der Waals surface area contributed by atoms with Crippen molar-refractivity contribution in [2.24, 2.45) is 17.3 Å². The summed E-state index contributed by atoms with van der Waals surface area (Å²) >= 11 is 0. The number of nitrogens with zero attached hydrogens (tertiary/aromatic N) is 1. The number of hydrogen-bond donors (Lipinski definition) is 0. The molecule has 1 heterocycles. The van der Waals surface area contributed by atoms with Gasteiger partial charge < -0.3 is 4.90 Å². The van der Waals surface area contributed by atoms with E-state index in [9.17, 15) is 0 Å². The van der Waals surface area contributed by atoms with Crippen LogP contribution in [0.15, 0.2) is 0 Å². The summed E-state index contributed by atoms with van der Waals surface area (Å²) in [5, 5.41) is 0. The van der Waals surface area contributed by atoms with E-state index in [0.717, 1.165) is 17.9 Å². The molecule has 2 fully saturated rings. The van der Waals surface area contributed by atoms with Gasteiger partial charge in [-0.15, -0.1) is 0 Å². The second-order valence-corrected chi connectivity index (χ2v) is 6.78. The van der Waals surface area contributed by atoms with E-state index >= 15 is 0 Å². The highest BCUT2D eigenvalue weighted by atomic mass is 15.1. The Labute approximate surface area is 95.2 Å². The third-order valence-corrected chi connectivity index (χ3v) is 4.69. The van der Waals surface area contributed by atoms with Gasteiger partial charge in [0.15, 0.2) is 0 Å². The predicted octanol–water partition coefficient (Wildman–Crippen LogP) is 3.54. The summed E-state index contributed by atoms with van der Waals surface area (Å²) in [6, 6.07) is 0.882. The normalized spacial score (nSPS) is 38.8. The first-order chi connectivity index (χ1) is 7.00. The summed E-state index contributed by atoms with van der Waals surface area (Å²) in [4.78, 5) is 2.66. The third kappa shape index (κ3) is 2.22. The van der Waals surface area contributed by atoms with Crippen LogP contribution in [0.4, 0.5) is 0 Å². The molecule has 0 aromatic rings. The third-order valence-electron chi connectivity index (χ3n) is 4.69. The van der Waals surface area contributed by atoms with Gasteiger partial charge in [0.25, 0.3) is 0 Å². The first kappa shape index (κ1) is 11.4. The number of fused-ring (bicyclic) bond motifs is 1. The van der Waals surface area contributed by atoms with Crippen LogP contribution in [0.3, 0.4) is 0 Å². The molecule has 3 atom stereocenters. The van der Waals surface area contributed by atoms with Crippen molar-refractivity contribution in [2.75, 3.05) is 13.6 Å². The number of rotatable bonds is 0. The average molecular weight is 209 g/mol. The lowest BCUT2D eigenvalue weighted by Crippen LogP contribution is -2.52. The van der Waals surface area contributed by atoms with Gasteiger partial charge in [0.1, 0.15) is 0 Å². The van der Waals surface area contributed by atoms with Crippen LogP contribution >= 0.6 is 0 Å². The Balaban J connectivity index is 2.16. The summed E-state index contributed by atoms with van der Waals surface area (Å²) < 4.78 is 0. The zero-order valence-electron chi connectivity index (χ0n) is 10.9. The van der Waals surface area contributed by atoms with E-state index in [4.69, 9.17) is 0 Å². The number of hydrogen-bond acceptors (Lipinski definition) is 1. The summed E-state index contributed by atoms with van der Waals surface area (Å²) in [6.45, 7) is 8.63. The Kier molecular flexibility index (Phi) is 3.12. The Bertz CT molecular complexity index is 214. The molecule has 0 amide bonds. The number of likely N-dealkylation sites (tertiary alicyclic amines) is 1. The lowest BCUT2D eigenvalue weighted by Gasteiger charge is -2.51. The van der Waals surface area contributed by atoms with Crippen LogP contribution in [0.1, 0.15) is 52.9 Å². The molecule has 0 aromatic carbocycles. The smallest absolute Gasteiger partial charge is 0.0154 e. The maximum Gasteiger partial charge on any atom is 0.0154 e. The lowest BCUT2D eigenvalue weighted by atomic mass is 9.63. The summed E-state index contributed by atoms with van der Waals surface area (Å²) in [5.74, 6) is 1.92. The Morgan fingerprint density at radius 2 is 1.67 bits per heavy atom. The van der Waals surface area contributed by atoms with Gasteiger partial charge in [0, 0.05) is 6.04 Å². The van der Waals surface area contributed by atoms with Crippen molar-refractivity contribution in [3.63, 3.8) is 0 Å². The first-order valence-corrected chi connectivity index (χ1v) is 6.70. The van der Waals surface area contributed by atoms with Crippen molar-refractivity contribution in [3.8, 4) is 0 Å². The quantitative estimate of drug-likeness (QED) is 0.590. The lowest BCUT2D eigenvalue weighted by molar-refractivity contribution is -0.00915. The fourth-order valence-corrected chi connectivity index (χ4v) is 3.95. The molecule has 2 aliphatic rings. The second kappa shape index (κ2) is 4.08. The molecule has 0 N–H and O–H groups in total. The molecule has 1 heteroatoms. The van der Waals surface area contributed by atoms with Gasteiger partial charge in [-0.2, -0.15) is 0 Å². The van der Waals surface area contributed by atoms with Crippen LogP contribution in [0.2, 0.25) is 0 Å². The van der Waals surface area contributed by atoms with Crippen molar-refractivity contribution >= 4 is 0 Å². The molecule has 1 saturated heterocycles. The minimum absolute atomic E-state index is 0.495. The molecular formula is C14H27N. The zero-order valence-corrected chi connectivity index (χ0v) is 10.9. The molecule has 88 valence electrons. The Hall–Kier alpha value is -0.0400. The van der Waals surface area contributed by atoms with Crippen molar-refractivity contribution in [1.29, 1.82) is 0 Å². The van der Waals surface area contributed by atoms with Gasteiger partial charge in [-0.3, -0.25) is 0 Å². The van der Waals surface area contributed by atoms with Gasteiger partial charge in [-0.05, 0) is 56.5 Å². The van der Waals surface area contributed by atoms with Crippen LogP contribution < -0.4 is 0 Å². The molecule has 1 aliphatic heterocycles. The van der Waals surface area contributed by atoms with Crippen LogP contribution in [-0.4, -0.2) is 24.5 Å². The molecule has 1 saturated carbocycles. The van der Waals surface area contributed by atoms with Gasteiger partial charge in [-0.25, -0.2) is 0 Å². The standard InChI is InChI=1S/C14H27N/c1-14(2,3)12-9-5-7-11-8-6-10-15(4)13(11)12/h11-13H,5-10H2,1-4H3/t11-,12+,13-/m1/s1. The highest BCUT2D eigenvalue weighted by Gasteiger charge is 2.42. The Morgan fingerprint density at radius 1 is 1.00 bits per heavy atom. The van der Waals surface area contributed by atoms with E-state index in [-0.39, 0.29) is 0 Å². The number of piperidine rings is 1. The molecule has 2 rings (SSSR count). The predicted molar refractivity (Wildman–Crippen MR) is 65.9 cm³/mol. The zero-order chi connectivity index (χ0) is 11.1. The van der Waals surface area contributed by atoms with Crippen molar-refractivity contribution < 1.29 is 0 Å². The second-order valence-electron chi connectivity index (χ2n) is 6.78. The minimum atomic E-state index is 0.495. The summed E-state index contributed by atoms with van der Waals surface area (Å²) in [5.41, 5.74) is 0.495. The van der Waals surface area contributed by atoms with Gasteiger partial charge in [0.2, 0.25) is 0 Å². The molecule has 0 spiro atoms. The van der Waals surface area contributed by atoms with E-state index in [1.807, 2.05) is 0 Å². The first-order valence-electron chi connectivity index (χ1n) is 6.70. The van der Waals surface area contributed by atoms with Gasteiger partial charge in [0.05, 0.1) is 0 Å². The van der Waals surface area contributed by atoms with E-state index in [2.05, 4.69) is 32.7 Å². The average Bonchev–Trinajstić information content (AvgIpc) is 2.16. The molecule has 0 aromatic heterocycles. The SMILES string of the molecule is CN1CCC[C@H]2CCC[C@H](C(C)(C)C)[C@@H]21. The van der Waals surface area contributed by atoms with Gasteiger partial charge >= 0.3 is 0 Å². The van der Waals surface area contributed by atoms with Crippen LogP contribution in [0, 0.1) is 17.3 Å². The van der Waals surface area contributed by atoms with Crippen molar-refractivity contribution in [2.45, 2.75) is 58.9 Å². The maximum atomic E-state index is 2.66. The fourth-order valence-electron chi connectivity index (χ4n) is 3.95. The molecule has 1 nitrogen and oxygen atoms in total. The topological polar surface area (TPSA) is 3.24 Å². The Morgan fingerprint density at radius 3 is 2.33 bits per heavy atom. The van der Waals surface area contributed by atoms with Gasteiger partial charge in [-0.1, -0.05) is 27.2 Å². The van der Waals surface area contributed by atoms with Crippen molar-refractivity contribution in [3.05, 3.63) is 0 Å². The van der Waals surface area contributed by atoms with E-state index in [1.165, 1.54) is 38.6 Å². The van der Waals surface area contributed by atoms with Crippen LogP contribution in [0.5, 0.6) is 0 Å². The molecule has 15 heavy (non-hydrogen) atoms. The highest BCUT2D eigenvalue weighted by Crippen LogP contribution is 2.45. The maximum absolute atomic E-state index is 2.66. The monoisotopic (exact) mass is 209 g/mol. The fraction of sp³-hybridized carbons (Fsp3) is 1.00. The summed E-state index contributed by atoms with van der Waals surface area (Å²) in [7, 11) is 2.35. The molecule has 0 bridgehead atoms. The van der Waals surface area contributed by atoms with E-state index < -0.39 is 0 Å². The molecule has 0 radical (unpaired) electrons. The molecular weight excluding hydrogens is 182 g/mol. The minimum Gasteiger partial charge on any atom is -0.303 e.